The molecule has 3 rings (SSSR count). The second-order valence-corrected chi connectivity index (χ2v) is 4.29. The molecule has 0 N–H and O–H groups in total. The number of aromatic nitrogens is 1. The highest BCUT2D eigenvalue weighted by molar-refractivity contribution is 5.44. The number of rotatable bonds is 2. The lowest BCUT2D eigenvalue weighted by atomic mass is 10.2. The zero-order chi connectivity index (χ0) is 11.8. The van der Waals surface area contributed by atoms with E-state index in [1.54, 1.807) is 0 Å². The summed E-state index contributed by atoms with van der Waals surface area (Å²) in [6.07, 6.45) is 0. The van der Waals surface area contributed by atoms with Crippen molar-refractivity contribution in [3.63, 3.8) is 0 Å². The van der Waals surface area contributed by atoms with Gasteiger partial charge in [0.05, 0.1) is 0 Å². The maximum absolute atomic E-state index is 5.38. The Hall–Kier alpha value is -1.90. The molecule has 0 amide bonds. The van der Waals surface area contributed by atoms with E-state index in [-0.39, 0.29) is 0 Å². The van der Waals surface area contributed by atoms with Gasteiger partial charge in [0.15, 0.2) is 11.5 Å². The Balaban J connectivity index is 1.91. The summed E-state index contributed by atoms with van der Waals surface area (Å²) >= 11 is 0. The fraction of sp³-hybridized carbons (Fsp3) is 0.286. The lowest BCUT2D eigenvalue weighted by molar-refractivity contribution is 0.174. The van der Waals surface area contributed by atoms with E-state index >= 15 is 0 Å². The van der Waals surface area contributed by atoms with E-state index in [0.717, 1.165) is 23.7 Å². The fourth-order valence-electron chi connectivity index (χ4n) is 2.09. The number of benzene rings is 1. The molecule has 1 aliphatic rings. The highest BCUT2D eigenvalue weighted by Gasteiger charge is 2.13. The first-order valence-electron chi connectivity index (χ1n) is 5.67. The van der Waals surface area contributed by atoms with Gasteiger partial charge in [0.25, 0.3) is 0 Å². The van der Waals surface area contributed by atoms with Crippen LogP contribution in [-0.4, -0.2) is 11.4 Å². The minimum Gasteiger partial charge on any atom is -0.454 e. The Morgan fingerprint density at radius 3 is 2.82 bits per heavy atom. The molecular formula is C14H14NO2. The quantitative estimate of drug-likeness (QED) is 0.789. The van der Waals surface area contributed by atoms with Gasteiger partial charge in [-0.2, -0.15) is 0 Å². The molecule has 0 aliphatic carbocycles. The van der Waals surface area contributed by atoms with Crippen molar-refractivity contribution in [1.82, 2.24) is 4.57 Å². The van der Waals surface area contributed by atoms with Gasteiger partial charge >= 0.3 is 0 Å². The molecule has 0 atom stereocenters. The van der Waals surface area contributed by atoms with E-state index in [0.29, 0.717) is 6.79 Å². The van der Waals surface area contributed by atoms with E-state index < -0.39 is 0 Å². The molecule has 17 heavy (non-hydrogen) atoms. The third kappa shape index (κ3) is 1.78. The van der Waals surface area contributed by atoms with Crippen molar-refractivity contribution in [3.05, 3.63) is 47.3 Å². The van der Waals surface area contributed by atoms with E-state index in [9.17, 15) is 0 Å². The summed E-state index contributed by atoms with van der Waals surface area (Å²) in [5.41, 5.74) is 3.59. The number of ether oxygens (including phenoxy) is 2. The molecule has 1 aliphatic heterocycles. The smallest absolute Gasteiger partial charge is 0.231 e. The molecule has 2 heterocycles. The van der Waals surface area contributed by atoms with Gasteiger partial charge < -0.3 is 14.0 Å². The normalized spacial score (nSPS) is 13.1. The monoisotopic (exact) mass is 228 g/mol. The number of fused-ring (bicyclic) bond motifs is 1. The predicted octanol–water partition coefficient (Wildman–Crippen LogP) is 2.68. The maximum Gasteiger partial charge on any atom is 0.231 e. The molecule has 3 heteroatoms. The number of aryl methyl sites for hydroxylation is 2. The molecule has 0 unspecified atom stereocenters. The molecule has 87 valence electrons. The van der Waals surface area contributed by atoms with Crippen molar-refractivity contribution in [2.75, 3.05) is 6.79 Å². The summed E-state index contributed by atoms with van der Waals surface area (Å²) in [6.45, 7) is 5.34. The number of hydrogen-bond donors (Lipinski definition) is 0. The highest BCUT2D eigenvalue weighted by atomic mass is 16.7. The van der Waals surface area contributed by atoms with E-state index in [4.69, 9.17) is 9.47 Å². The lowest BCUT2D eigenvalue weighted by Crippen LogP contribution is -2.03. The van der Waals surface area contributed by atoms with Crippen molar-refractivity contribution in [3.8, 4) is 11.5 Å². The molecule has 2 aromatic rings. The SMILES string of the molecule is Cc1[c]cc(C)n1Cc1ccc2c(c1)OCO2. The molecule has 0 saturated heterocycles. The maximum atomic E-state index is 5.38. The average molecular weight is 228 g/mol. The summed E-state index contributed by atoms with van der Waals surface area (Å²) in [4.78, 5) is 0. The van der Waals surface area contributed by atoms with Crippen LogP contribution in [0.25, 0.3) is 0 Å². The van der Waals surface area contributed by atoms with Crippen LogP contribution in [0.5, 0.6) is 11.5 Å². The fourth-order valence-corrected chi connectivity index (χ4v) is 2.09. The summed E-state index contributed by atoms with van der Waals surface area (Å²) in [5.74, 6) is 1.68. The average Bonchev–Trinajstić information content (AvgIpc) is 2.90. The zero-order valence-corrected chi connectivity index (χ0v) is 9.99. The topological polar surface area (TPSA) is 23.4 Å². The van der Waals surface area contributed by atoms with Gasteiger partial charge in [-0.3, -0.25) is 0 Å². The molecule has 0 bridgehead atoms. The van der Waals surface area contributed by atoms with Gasteiger partial charge in [-0.25, -0.2) is 0 Å². The van der Waals surface area contributed by atoms with Gasteiger partial charge in [-0.05, 0) is 37.6 Å². The Labute approximate surface area is 101 Å². The first kappa shape index (κ1) is 10.3. The van der Waals surface area contributed by atoms with Crippen LogP contribution in [0.4, 0.5) is 0 Å². The minimum atomic E-state index is 0.328. The second kappa shape index (κ2) is 3.84. The molecule has 1 aromatic carbocycles. The van der Waals surface area contributed by atoms with Crippen LogP contribution >= 0.6 is 0 Å². The standard InChI is InChI=1S/C14H14NO2/c1-10-3-4-11(2)15(10)8-12-5-6-13-14(7-12)17-9-16-13/h3,5-7H,8-9H2,1-2H3. The van der Waals surface area contributed by atoms with Crippen molar-refractivity contribution in [2.45, 2.75) is 20.4 Å². The summed E-state index contributed by atoms with van der Waals surface area (Å²) in [5, 5.41) is 0. The largest absolute Gasteiger partial charge is 0.454 e. The van der Waals surface area contributed by atoms with Gasteiger partial charge in [0.2, 0.25) is 6.79 Å². The summed E-state index contributed by atoms with van der Waals surface area (Å²) in [7, 11) is 0. The van der Waals surface area contributed by atoms with Crippen molar-refractivity contribution in [2.24, 2.45) is 0 Å². The van der Waals surface area contributed by atoms with Crippen LogP contribution in [-0.2, 0) is 6.54 Å². The van der Waals surface area contributed by atoms with Crippen molar-refractivity contribution >= 4 is 0 Å². The molecule has 1 radical (unpaired) electrons. The highest BCUT2D eigenvalue weighted by Crippen LogP contribution is 2.32. The van der Waals surface area contributed by atoms with Gasteiger partial charge in [0.1, 0.15) is 0 Å². The minimum absolute atomic E-state index is 0.328. The summed E-state index contributed by atoms with van der Waals surface area (Å²) < 4.78 is 12.9. The van der Waals surface area contributed by atoms with Crippen molar-refractivity contribution < 1.29 is 9.47 Å². The Kier molecular flexibility index (Phi) is 2.32. The Morgan fingerprint density at radius 2 is 2.06 bits per heavy atom. The molecule has 3 nitrogen and oxygen atoms in total. The molecule has 0 fully saturated rings. The van der Waals surface area contributed by atoms with Crippen LogP contribution < -0.4 is 9.47 Å². The van der Waals surface area contributed by atoms with Crippen LogP contribution in [0, 0.1) is 19.9 Å². The second-order valence-electron chi connectivity index (χ2n) is 4.29. The molecular weight excluding hydrogens is 214 g/mol. The van der Waals surface area contributed by atoms with Gasteiger partial charge in [0, 0.05) is 24.0 Å². The Morgan fingerprint density at radius 1 is 1.24 bits per heavy atom. The number of hydrogen-bond acceptors (Lipinski definition) is 2. The molecule has 1 aromatic heterocycles. The van der Waals surface area contributed by atoms with Gasteiger partial charge in [-0.1, -0.05) is 6.07 Å². The van der Waals surface area contributed by atoms with E-state index in [1.807, 2.05) is 18.2 Å². The predicted molar refractivity (Wildman–Crippen MR) is 64.4 cm³/mol. The van der Waals surface area contributed by atoms with Crippen molar-refractivity contribution in [1.29, 1.82) is 0 Å². The van der Waals surface area contributed by atoms with Crippen LogP contribution in [0.15, 0.2) is 24.3 Å². The van der Waals surface area contributed by atoms with Gasteiger partial charge in [-0.15, -0.1) is 0 Å². The van der Waals surface area contributed by atoms with E-state index in [2.05, 4.69) is 30.5 Å². The first-order chi connectivity index (χ1) is 8.24. The van der Waals surface area contributed by atoms with Crippen LogP contribution in [0.3, 0.4) is 0 Å². The molecule has 0 saturated carbocycles. The van der Waals surface area contributed by atoms with Crippen LogP contribution in [0.1, 0.15) is 17.0 Å². The third-order valence-corrected chi connectivity index (χ3v) is 3.10. The third-order valence-electron chi connectivity index (χ3n) is 3.10. The Bertz CT molecular complexity index is 538. The molecule has 0 spiro atoms. The summed E-state index contributed by atoms with van der Waals surface area (Å²) in [6, 6.07) is 11.3. The first-order valence-corrected chi connectivity index (χ1v) is 5.67. The lowest BCUT2D eigenvalue weighted by Gasteiger charge is -2.09. The zero-order valence-electron chi connectivity index (χ0n) is 9.99. The number of nitrogens with zero attached hydrogens (tertiary/aromatic N) is 1. The van der Waals surface area contributed by atoms with E-state index in [1.165, 1.54) is 11.3 Å². The van der Waals surface area contributed by atoms with Crippen LogP contribution in [0.2, 0.25) is 0 Å².